The van der Waals surface area contributed by atoms with Crippen LogP contribution in [-0.2, 0) is 6.18 Å². The third-order valence-electron chi connectivity index (χ3n) is 1.97. The smallest absolute Gasteiger partial charge is 0.351 e. The fourth-order valence-corrected chi connectivity index (χ4v) is 1.98. The summed E-state index contributed by atoms with van der Waals surface area (Å²) in [6.07, 6.45) is -4.34. The van der Waals surface area contributed by atoms with Crippen LogP contribution >= 0.6 is 31.9 Å². The number of nitrogens with one attached hydrogen (secondary N) is 1. The van der Waals surface area contributed by atoms with Gasteiger partial charge in [0.05, 0.1) is 0 Å². The van der Waals surface area contributed by atoms with Crippen molar-refractivity contribution < 1.29 is 13.2 Å². The molecule has 0 aliphatic carbocycles. The summed E-state index contributed by atoms with van der Waals surface area (Å²) in [5.41, 5.74) is -0.278. The van der Waals surface area contributed by atoms with Gasteiger partial charge in [-0.05, 0) is 50.1 Å². The summed E-state index contributed by atoms with van der Waals surface area (Å²) < 4.78 is 38.6. The molecular formula is C9H4Br2F3N. The molecule has 0 atom stereocenters. The summed E-state index contributed by atoms with van der Waals surface area (Å²) in [6.45, 7) is 0. The zero-order valence-electron chi connectivity index (χ0n) is 7.12. The maximum Gasteiger partial charge on any atom is 0.431 e. The number of fused-ring (bicyclic) bond motifs is 1. The predicted octanol–water partition coefficient (Wildman–Crippen LogP) is 4.71. The molecule has 0 spiro atoms. The standard InChI is InChI=1S/C9H4Br2F3N/c10-5-1-4-2-8(9(12,13)14)15-7(4)3-6(5)11/h1-3,15H. The summed E-state index contributed by atoms with van der Waals surface area (Å²) in [7, 11) is 0. The van der Waals surface area contributed by atoms with Gasteiger partial charge in [-0.25, -0.2) is 0 Å². The summed E-state index contributed by atoms with van der Waals surface area (Å²) >= 11 is 6.46. The highest BCUT2D eigenvalue weighted by Gasteiger charge is 2.32. The number of halogens is 5. The molecule has 2 rings (SSSR count). The minimum atomic E-state index is -4.34. The first-order valence-electron chi connectivity index (χ1n) is 3.93. The zero-order chi connectivity index (χ0) is 11.2. The van der Waals surface area contributed by atoms with Gasteiger partial charge in [-0.3, -0.25) is 0 Å². The van der Waals surface area contributed by atoms with Gasteiger partial charge in [-0.1, -0.05) is 0 Å². The fraction of sp³-hybridized carbons (Fsp3) is 0.111. The summed E-state index contributed by atoms with van der Waals surface area (Å²) in [5.74, 6) is 0. The van der Waals surface area contributed by atoms with Gasteiger partial charge in [-0.15, -0.1) is 0 Å². The van der Waals surface area contributed by atoms with Crippen molar-refractivity contribution in [2.75, 3.05) is 0 Å². The van der Waals surface area contributed by atoms with Crippen molar-refractivity contribution in [2.45, 2.75) is 6.18 Å². The maximum atomic E-state index is 12.4. The molecule has 15 heavy (non-hydrogen) atoms. The lowest BCUT2D eigenvalue weighted by Gasteiger charge is -2.00. The average Bonchev–Trinajstić information content (AvgIpc) is 2.47. The number of rotatable bonds is 0. The number of benzene rings is 1. The van der Waals surface area contributed by atoms with Crippen molar-refractivity contribution in [1.29, 1.82) is 0 Å². The van der Waals surface area contributed by atoms with Crippen LogP contribution in [0, 0.1) is 0 Å². The Kier molecular flexibility index (Phi) is 2.58. The van der Waals surface area contributed by atoms with Gasteiger partial charge in [0.2, 0.25) is 0 Å². The molecule has 0 aliphatic rings. The van der Waals surface area contributed by atoms with Crippen molar-refractivity contribution in [3.05, 3.63) is 32.8 Å². The molecule has 2 aromatic rings. The minimum Gasteiger partial charge on any atom is -0.351 e. The minimum absolute atomic E-state index is 0.456. The van der Waals surface area contributed by atoms with Crippen molar-refractivity contribution in [1.82, 2.24) is 4.98 Å². The van der Waals surface area contributed by atoms with E-state index in [1.807, 2.05) is 0 Å². The highest BCUT2D eigenvalue weighted by molar-refractivity contribution is 9.13. The lowest BCUT2D eigenvalue weighted by atomic mass is 10.2. The summed E-state index contributed by atoms with van der Waals surface area (Å²) in [5, 5.41) is 0.525. The maximum absolute atomic E-state index is 12.4. The summed E-state index contributed by atoms with van der Waals surface area (Å²) in [6, 6.07) is 4.33. The van der Waals surface area contributed by atoms with E-state index in [2.05, 4.69) is 36.8 Å². The van der Waals surface area contributed by atoms with Crippen molar-refractivity contribution >= 4 is 42.8 Å². The largest absolute Gasteiger partial charge is 0.431 e. The van der Waals surface area contributed by atoms with Crippen LogP contribution in [0.2, 0.25) is 0 Å². The number of alkyl halides is 3. The van der Waals surface area contributed by atoms with Gasteiger partial charge in [0.15, 0.2) is 0 Å². The van der Waals surface area contributed by atoms with Gasteiger partial charge in [0, 0.05) is 19.8 Å². The molecule has 0 radical (unpaired) electrons. The SMILES string of the molecule is FC(F)(F)c1cc2cc(Br)c(Br)cc2[nH]1. The van der Waals surface area contributed by atoms with Crippen LogP contribution in [-0.4, -0.2) is 4.98 Å². The second kappa shape index (κ2) is 3.52. The average molecular weight is 343 g/mol. The quantitative estimate of drug-likeness (QED) is 0.713. The lowest BCUT2D eigenvalue weighted by molar-refractivity contribution is -0.140. The topological polar surface area (TPSA) is 15.8 Å². The Bertz CT molecular complexity index is 477. The molecule has 6 heteroatoms. The molecule has 0 unspecified atom stereocenters. The van der Waals surface area contributed by atoms with E-state index in [1.165, 1.54) is 0 Å². The van der Waals surface area contributed by atoms with Gasteiger partial charge < -0.3 is 4.98 Å². The molecule has 1 aromatic heterocycles. The highest BCUT2D eigenvalue weighted by Crippen LogP contribution is 2.34. The number of aromatic amines is 1. The molecule has 80 valence electrons. The number of hydrogen-bond donors (Lipinski definition) is 1. The predicted molar refractivity (Wildman–Crippen MR) is 58.7 cm³/mol. The second-order valence-electron chi connectivity index (χ2n) is 3.03. The van der Waals surface area contributed by atoms with Gasteiger partial charge in [0.1, 0.15) is 5.69 Å². The van der Waals surface area contributed by atoms with E-state index < -0.39 is 11.9 Å². The van der Waals surface area contributed by atoms with E-state index in [0.29, 0.717) is 15.4 Å². The second-order valence-corrected chi connectivity index (χ2v) is 4.74. The Hall–Kier alpha value is -0.490. The molecule has 0 aliphatic heterocycles. The third kappa shape index (κ3) is 2.06. The van der Waals surface area contributed by atoms with E-state index in [-0.39, 0.29) is 0 Å². The first-order chi connectivity index (χ1) is 6.88. The first kappa shape index (κ1) is 11.0. The van der Waals surface area contributed by atoms with Crippen molar-refractivity contribution in [3.8, 4) is 0 Å². The molecule has 1 aromatic carbocycles. The number of hydrogen-bond acceptors (Lipinski definition) is 0. The molecule has 1 heterocycles. The first-order valence-corrected chi connectivity index (χ1v) is 5.51. The van der Waals surface area contributed by atoms with Crippen molar-refractivity contribution in [3.63, 3.8) is 0 Å². The molecule has 0 saturated carbocycles. The van der Waals surface area contributed by atoms with Crippen LogP contribution in [0.25, 0.3) is 10.9 Å². The Morgan fingerprint density at radius 3 is 2.20 bits per heavy atom. The fourth-order valence-electron chi connectivity index (χ4n) is 1.28. The van der Waals surface area contributed by atoms with E-state index in [1.54, 1.807) is 12.1 Å². The normalized spacial score (nSPS) is 12.3. The lowest BCUT2D eigenvalue weighted by Crippen LogP contribution is -2.04. The van der Waals surface area contributed by atoms with Crippen LogP contribution in [0.5, 0.6) is 0 Å². The van der Waals surface area contributed by atoms with Crippen LogP contribution in [0.1, 0.15) is 5.69 Å². The van der Waals surface area contributed by atoms with Gasteiger partial charge in [-0.2, -0.15) is 13.2 Å². The molecular weight excluding hydrogens is 339 g/mol. The Morgan fingerprint density at radius 2 is 1.60 bits per heavy atom. The molecule has 1 N–H and O–H groups in total. The van der Waals surface area contributed by atoms with E-state index >= 15 is 0 Å². The van der Waals surface area contributed by atoms with Crippen LogP contribution < -0.4 is 0 Å². The molecule has 1 nitrogen and oxygen atoms in total. The van der Waals surface area contributed by atoms with Gasteiger partial charge >= 0.3 is 6.18 Å². The molecule has 0 bridgehead atoms. The van der Waals surface area contributed by atoms with E-state index in [9.17, 15) is 13.2 Å². The summed E-state index contributed by atoms with van der Waals surface area (Å²) in [4.78, 5) is 2.33. The highest BCUT2D eigenvalue weighted by atomic mass is 79.9. The molecule has 0 fully saturated rings. The van der Waals surface area contributed by atoms with E-state index in [4.69, 9.17) is 0 Å². The Labute approximate surface area is 99.9 Å². The van der Waals surface area contributed by atoms with Crippen LogP contribution in [0.3, 0.4) is 0 Å². The monoisotopic (exact) mass is 341 g/mol. The van der Waals surface area contributed by atoms with Crippen LogP contribution in [0.15, 0.2) is 27.1 Å². The Balaban J connectivity index is 2.66. The molecule has 0 amide bonds. The van der Waals surface area contributed by atoms with Crippen molar-refractivity contribution in [2.24, 2.45) is 0 Å². The number of H-pyrrole nitrogens is 1. The third-order valence-corrected chi connectivity index (χ3v) is 3.81. The van der Waals surface area contributed by atoms with Crippen LogP contribution in [0.4, 0.5) is 13.2 Å². The van der Waals surface area contributed by atoms with E-state index in [0.717, 1.165) is 10.5 Å². The number of aromatic nitrogens is 1. The molecule has 0 saturated heterocycles. The Morgan fingerprint density at radius 1 is 1.00 bits per heavy atom. The zero-order valence-corrected chi connectivity index (χ0v) is 10.3. The van der Waals surface area contributed by atoms with Gasteiger partial charge in [0.25, 0.3) is 0 Å².